The van der Waals surface area contributed by atoms with E-state index in [1.165, 1.54) is 5.56 Å². The van der Waals surface area contributed by atoms with E-state index in [-0.39, 0.29) is 11.8 Å². The molecule has 1 amide bonds. The van der Waals surface area contributed by atoms with Gasteiger partial charge in [0.2, 0.25) is 0 Å². The summed E-state index contributed by atoms with van der Waals surface area (Å²) in [5, 5.41) is 1.14. The summed E-state index contributed by atoms with van der Waals surface area (Å²) in [6, 6.07) is 10.0. The number of aromatic nitrogens is 1. The van der Waals surface area contributed by atoms with Crippen molar-refractivity contribution in [1.82, 2.24) is 9.88 Å². The van der Waals surface area contributed by atoms with E-state index in [4.69, 9.17) is 9.15 Å². The molecule has 1 aliphatic rings. The number of benzene rings is 1. The van der Waals surface area contributed by atoms with E-state index in [9.17, 15) is 4.79 Å². The lowest BCUT2D eigenvalue weighted by Crippen LogP contribution is -2.36. The van der Waals surface area contributed by atoms with Gasteiger partial charge in [0.05, 0.1) is 25.0 Å². The highest BCUT2D eigenvalue weighted by Crippen LogP contribution is 2.24. The van der Waals surface area contributed by atoms with E-state index in [0.29, 0.717) is 31.9 Å². The van der Waals surface area contributed by atoms with Crippen molar-refractivity contribution in [3.63, 3.8) is 0 Å². The minimum absolute atomic E-state index is 0.0261. The number of fused-ring (bicyclic) bond motifs is 1. The first-order chi connectivity index (χ1) is 12.7. The Hall–Kier alpha value is -2.66. The van der Waals surface area contributed by atoms with Crippen LogP contribution in [0, 0.1) is 12.8 Å². The first-order valence-electron chi connectivity index (χ1n) is 8.94. The normalized spacial score (nSPS) is 18.0. The summed E-state index contributed by atoms with van der Waals surface area (Å²) < 4.78 is 11.3. The molecule has 0 saturated carbocycles. The number of nitrogens with zero attached hydrogens (tertiary/aromatic N) is 2. The van der Waals surface area contributed by atoms with Crippen molar-refractivity contribution in [1.29, 1.82) is 0 Å². The van der Waals surface area contributed by atoms with E-state index in [2.05, 4.69) is 11.1 Å². The van der Waals surface area contributed by atoms with Gasteiger partial charge >= 0.3 is 0 Å². The zero-order chi connectivity index (χ0) is 17.9. The van der Waals surface area contributed by atoms with Gasteiger partial charge < -0.3 is 14.1 Å². The third kappa shape index (κ3) is 3.48. The molecule has 1 atom stereocenters. The van der Waals surface area contributed by atoms with Crippen molar-refractivity contribution in [3.8, 4) is 0 Å². The number of aryl methyl sites for hydroxylation is 1. The van der Waals surface area contributed by atoms with E-state index in [1.54, 1.807) is 18.7 Å². The molecule has 5 heteroatoms. The van der Waals surface area contributed by atoms with Gasteiger partial charge in [0.25, 0.3) is 5.91 Å². The van der Waals surface area contributed by atoms with Gasteiger partial charge in [-0.1, -0.05) is 12.1 Å². The second kappa shape index (κ2) is 7.30. The maximum atomic E-state index is 12.9. The molecule has 26 heavy (non-hydrogen) atoms. The molecule has 1 aliphatic heterocycles. The van der Waals surface area contributed by atoms with Crippen LogP contribution in [0.25, 0.3) is 11.0 Å². The Balaban J connectivity index is 1.52. The van der Waals surface area contributed by atoms with Crippen molar-refractivity contribution >= 4 is 16.9 Å². The first-order valence-corrected chi connectivity index (χ1v) is 8.94. The average molecular weight is 350 g/mol. The number of furan rings is 1. The summed E-state index contributed by atoms with van der Waals surface area (Å²) in [6.07, 6.45) is 5.98. The van der Waals surface area contributed by atoms with Gasteiger partial charge in [-0.25, -0.2) is 0 Å². The molecular weight excluding hydrogens is 328 g/mol. The second-order valence-electron chi connectivity index (χ2n) is 6.90. The van der Waals surface area contributed by atoms with Gasteiger partial charge in [0, 0.05) is 36.8 Å². The van der Waals surface area contributed by atoms with Crippen molar-refractivity contribution in [2.24, 2.45) is 5.92 Å². The first kappa shape index (κ1) is 16.8. The summed E-state index contributed by atoms with van der Waals surface area (Å²) in [5.74, 6) is 0.276. The topological polar surface area (TPSA) is 55.6 Å². The molecule has 4 rings (SSSR count). The minimum atomic E-state index is 0.0261. The van der Waals surface area contributed by atoms with Gasteiger partial charge in [-0.2, -0.15) is 0 Å². The predicted octanol–water partition coefficient (Wildman–Crippen LogP) is 3.47. The highest BCUT2D eigenvalue weighted by molar-refractivity contribution is 5.94. The van der Waals surface area contributed by atoms with Gasteiger partial charge in [0.15, 0.2) is 0 Å². The number of pyridine rings is 1. The molecule has 3 heterocycles. The van der Waals surface area contributed by atoms with Crippen LogP contribution in [-0.2, 0) is 11.2 Å². The Morgan fingerprint density at radius 1 is 1.31 bits per heavy atom. The maximum absolute atomic E-state index is 12.9. The number of hydrogen-bond donors (Lipinski definition) is 0. The molecule has 0 bridgehead atoms. The molecule has 1 fully saturated rings. The average Bonchev–Trinajstić information content (AvgIpc) is 3.01. The SMILES string of the molecule is Cc1cncc(C(=O)N2CCOC[C@@H](Cc3cccc4occc34)C2)c1. The molecule has 3 aromatic rings. The van der Waals surface area contributed by atoms with Gasteiger partial charge in [0.1, 0.15) is 5.58 Å². The molecule has 0 radical (unpaired) electrons. The number of carbonyl (C=O) groups is 1. The predicted molar refractivity (Wildman–Crippen MR) is 99.1 cm³/mol. The van der Waals surface area contributed by atoms with Gasteiger partial charge in [-0.3, -0.25) is 9.78 Å². The van der Waals surface area contributed by atoms with E-state index in [1.807, 2.05) is 36.1 Å². The molecule has 0 unspecified atom stereocenters. The molecule has 1 saturated heterocycles. The molecule has 0 N–H and O–H groups in total. The summed E-state index contributed by atoms with van der Waals surface area (Å²) in [5.41, 5.74) is 3.76. The fourth-order valence-electron chi connectivity index (χ4n) is 3.59. The summed E-state index contributed by atoms with van der Waals surface area (Å²) in [6.45, 7) is 4.46. The Morgan fingerprint density at radius 3 is 3.12 bits per heavy atom. The number of carbonyl (C=O) groups excluding carboxylic acids is 1. The van der Waals surface area contributed by atoms with Crippen LogP contribution in [0.15, 0.2) is 53.4 Å². The molecule has 0 spiro atoms. The van der Waals surface area contributed by atoms with Crippen molar-refractivity contribution in [3.05, 3.63) is 65.7 Å². The van der Waals surface area contributed by atoms with Crippen molar-refractivity contribution in [2.75, 3.05) is 26.3 Å². The van der Waals surface area contributed by atoms with Gasteiger partial charge in [-0.05, 0) is 42.7 Å². The van der Waals surface area contributed by atoms with Crippen LogP contribution in [0.5, 0.6) is 0 Å². The Kier molecular flexibility index (Phi) is 4.71. The van der Waals surface area contributed by atoms with Crippen LogP contribution in [0.2, 0.25) is 0 Å². The fraction of sp³-hybridized carbons (Fsp3) is 0.333. The molecule has 1 aromatic carbocycles. The summed E-state index contributed by atoms with van der Waals surface area (Å²) in [7, 11) is 0. The lowest BCUT2D eigenvalue weighted by molar-refractivity contribution is 0.0737. The Morgan fingerprint density at radius 2 is 2.23 bits per heavy atom. The summed E-state index contributed by atoms with van der Waals surface area (Å²) >= 11 is 0. The van der Waals surface area contributed by atoms with Crippen molar-refractivity contribution < 1.29 is 13.9 Å². The Labute approximate surface area is 152 Å². The third-order valence-electron chi connectivity index (χ3n) is 4.84. The molecule has 5 nitrogen and oxygen atoms in total. The number of hydrogen-bond acceptors (Lipinski definition) is 4. The molecule has 134 valence electrons. The van der Waals surface area contributed by atoms with Crippen LogP contribution < -0.4 is 0 Å². The van der Waals surface area contributed by atoms with Crippen molar-refractivity contribution in [2.45, 2.75) is 13.3 Å². The van der Waals surface area contributed by atoms with Crippen LogP contribution in [0.3, 0.4) is 0 Å². The zero-order valence-electron chi connectivity index (χ0n) is 14.9. The highest BCUT2D eigenvalue weighted by atomic mass is 16.5. The smallest absolute Gasteiger partial charge is 0.255 e. The number of rotatable bonds is 3. The van der Waals surface area contributed by atoms with Crippen LogP contribution in [0.4, 0.5) is 0 Å². The quantitative estimate of drug-likeness (QED) is 0.726. The minimum Gasteiger partial charge on any atom is -0.464 e. The molecule has 0 aliphatic carbocycles. The number of amides is 1. The monoisotopic (exact) mass is 350 g/mol. The van der Waals surface area contributed by atoms with E-state index in [0.717, 1.165) is 23.0 Å². The van der Waals surface area contributed by atoms with Crippen LogP contribution in [0.1, 0.15) is 21.5 Å². The second-order valence-corrected chi connectivity index (χ2v) is 6.90. The van der Waals surface area contributed by atoms with Crippen LogP contribution in [-0.4, -0.2) is 42.1 Å². The highest BCUT2D eigenvalue weighted by Gasteiger charge is 2.24. The lowest BCUT2D eigenvalue weighted by Gasteiger charge is -2.24. The fourth-order valence-corrected chi connectivity index (χ4v) is 3.59. The Bertz CT molecular complexity index is 918. The molecule has 2 aromatic heterocycles. The lowest BCUT2D eigenvalue weighted by atomic mass is 9.97. The van der Waals surface area contributed by atoms with E-state index >= 15 is 0 Å². The largest absolute Gasteiger partial charge is 0.464 e. The third-order valence-corrected chi connectivity index (χ3v) is 4.84. The van der Waals surface area contributed by atoms with Crippen LogP contribution >= 0.6 is 0 Å². The zero-order valence-corrected chi connectivity index (χ0v) is 14.9. The van der Waals surface area contributed by atoms with Gasteiger partial charge in [-0.15, -0.1) is 0 Å². The number of ether oxygens (including phenoxy) is 1. The molecular formula is C21H22N2O3. The maximum Gasteiger partial charge on any atom is 0.255 e. The van der Waals surface area contributed by atoms with E-state index < -0.39 is 0 Å². The standard InChI is InChI=1S/C21H22N2O3/c1-15-9-18(12-22-11-15)21(24)23-6-8-25-14-16(13-23)10-17-3-2-4-20-19(17)5-7-26-20/h2-5,7,9,11-12,16H,6,8,10,13-14H2,1H3/t16-/m0/s1. The summed E-state index contributed by atoms with van der Waals surface area (Å²) in [4.78, 5) is 18.9.